The number of rotatable bonds is 8. The van der Waals surface area contributed by atoms with Gasteiger partial charge in [0.1, 0.15) is 16.3 Å². The first-order valence-electron chi connectivity index (χ1n) is 12.9. The van der Waals surface area contributed by atoms with Crippen LogP contribution in [0.15, 0.2) is 12.3 Å². The number of nitrogens with zero attached hydrogens (tertiary/aromatic N) is 4. The van der Waals surface area contributed by atoms with Gasteiger partial charge in [-0.15, -0.1) is 11.3 Å². The van der Waals surface area contributed by atoms with Crippen LogP contribution in [0, 0.1) is 12.8 Å². The van der Waals surface area contributed by atoms with Crippen LogP contribution in [0.25, 0.3) is 20.8 Å². The smallest absolute Gasteiger partial charge is 0.225 e. The summed E-state index contributed by atoms with van der Waals surface area (Å²) in [6.45, 7) is 4.50. The molecule has 5 rings (SSSR count). The topological polar surface area (TPSA) is 95.9 Å². The lowest BCUT2D eigenvalue weighted by molar-refractivity contribution is 0.229. The average Bonchev–Trinajstić information content (AvgIpc) is 3.47. The molecule has 3 aromatic heterocycles. The monoisotopic (exact) mass is 480 g/mol. The molecule has 0 radical (unpaired) electrons. The first kappa shape index (κ1) is 23.4. The van der Waals surface area contributed by atoms with E-state index >= 15 is 0 Å². The molecule has 3 aromatic rings. The summed E-state index contributed by atoms with van der Waals surface area (Å²) in [6.07, 6.45) is 13.1. The van der Waals surface area contributed by atoms with E-state index in [0.29, 0.717) is 23.9 Å². The molecule has 3 N–H and O–H groups in total. The Kier molecular flexibility index (Phi) is 7.25. The maximum absolute atomic E-state index is 9.63. The van der Waals surface area contributed by atoms with Crippen LogP contribution in [0.4, 0.5) is 11.8 Å². The average molecular weight is 481 g/mol. The summed E-state index contributed by atoms with van der Waals surface area (Å²) in [5.74, 6) is 1.94. The van der Waals surface area contributed by atoms with Crippen molar-refractivity contribution in [3.63, 3.8) is 0 Å². The van der Waals surface area contributed by atoms with Crippen LogP contribution >= 0.6 is 11.3 Å². The van der Waals surface area contributed by atoms with Crippen molar-refractivity contribution in [2.45, 2.75) is 90.1 Å². The second-order valence-electron chi connectivity index (χ2n) is 9.91. The molecule has 0 aliphatic heterocycles. The maximum Gasteiger partial charge on any atom is 0.225 e. The van der Waals surface area contributed by atoms with Crippen molar-refractivity contribution in [3.8, 4) is 10.6 Å². The van der Waals surface area contributed by atoms with E-state index in [1.54, 1.807) is 11.3 Å². The minimum atomic E-state index is 0.257. The van der Waals surface area contributed by atoms with Crippen LogP contribution in [0.5, 0.6) is 0 Å². The third kappa shape index (κ3) is 5.03. The molecule has 0 amide bonds. The number of aryl methyl sites for hydroxylation is 2. The number of hydrogen-bond acceptors (Lipinski definition) is 8. The summed E-state index contributed by atoms with van der Waals surface area (Å²) in [4.78, 5) is 19.5. The zero-order valence-electron chi connectivity index (χ0n) is 20.3. The van der Waals surface area contributed by atoms with Crippen LogP contribution in [0.1, 0.15) is 76.1 Å². The van der Waals surface area contributed by atoms with Crippen molar-refractivity contribution < 1.29 is 5.11 Å². The van der Waals surface area contributed by atoms with E-state index in [1.165, 1.54) is 32.1 Å². The van der Waals surface area contributed by atoms with E-state index in [1.807, 2.05) is 6.20 Å². The third-order valence-electron chi connectivity index (χ3n) is 7.25. The van der Waals surface area contributed by atoms with Gasteiger partial charge in [0.2, 0.25) is 5.95 Å². The van der Waals surface area contributed by atoms with Gasteiger partial charge in [-0.3, -0.25) is 4.98 Å². The van der Waals surface area contributed by atoms with E-state index in [9.17, 15) is 5.11 Å². The van der Waals surface area contributed by atoms with Crippen molar-refractivity contribution in [1.29, 1.82) is 0 Å². The number of aliphatic hydroxyl groups excluding tert-OH is 1. The molecule has 2 atom stereocenters. The zero-order valence-corrected chi connectivity index (χ0v) is 21.1. The van der Waals surface area contributed by atoms with Gasteiger partial charge in [-0.2, -0.15) is 4.98 Å². The molecule has 0 unspecified atom stereocenters. The molecule has 34 heavy (non-hydrogen) atoms. The lowest BCUT2D eigenvalue weighted by atomic mass is 9.96. The van der Waals surface area contributed by atoms with Gasteiger partial charge in [-0.1, -0.05) is 32.6 Å². The number of thiazole rings is 1. The normalized spacial score (nSPS) is 21.3. The van der Waals surface area contributed by atoms with Gasteiger partial charge in [0.05, 0.1) is 21.7 Å². The molecule has 2 aliphatic rings. The Balaban J connectivity index is 1.52. The van der Waals surface area contributed by atoms with Gasteiger partial charge in [-0.05, 0) is 57.4 Å². The van der Waals surface area contributed by atoms with Crippen LogP contribution in [0.3, 0.4) is 0 Å². The zero-order chi connectivity index (χ0) is 23.5. The summed E-state index contributed by atoms with van der Waals surface area (Å²) < 4.78 is 1.16. The molecule has 0 spiro atoms. The Morgan fingerprint density at radius 2 is 1.88 bits per heavy atom. The highest BCUT2D eigenvalue weighted by Crippen LogP contribution is 2.38. The first-order chi connectivity index (χ1) is 16.6. The molecule has 0 aromatic carbocycles. The Morgan fingerprint density at radius 1 is 1.03 bits per heavy atom. The fourth-order valence-electron chi connectivity index (χ4n) is 5.43. The lowest BCUT2D eigenvalue weighted by Crippen LogP contribution is -2.25. The van der Waals surface area contributed by atoms with Gasteiger partial charge in [-0.25, -0.2) is 9.97 Å². The summed E-state index contributed by atoms with van der Waals surface area (Å²) in [7, 11) is 0. The number of nitrogens with one attached hydrogen (secondary N) is 2. The third-order valence-corrected chi connectivity index (χ3v) is 8.29. The highest BCUT2D eigenvalue weighted by molar-refractivity contribution is 7.21. The van der Waals surface area contributed by atoms with Gasteiger partial charge < -0.3 is 15.7 Å². The fraction of sp³-hybridized carbons (Fsp3) is 0.615. The van der Waals surface area contributed by atoms with Crippen LogP contribution in [-0.2, 0) is 6.42 Å². The van der Waals surface area contributed by atoms with E-state index in [2.05, 4.69) is 35.5 Å². The second kappa shape index (κ2) is 10.5. The van der Waals surface area contributed by atoms with Crippen LogP contribution in [0.2, 0.25) is 0 Å². The van der Waals surface area contributed by atoms with E-state index in [4.69, 9.17) is 15.0 Å². The van der Waals surface area contributed by atoms with Gasteiger partial charge in [0.25, 0.3) is 0 Å². The van der Waals surface area contributed by atoms with Crippen molar-refractivity contribution >= 4 is 33.3 Å². The molecule has 7 nitrogen and oxygen atoms in total. The molecule has 0 bridgehead atoms. The quantitative estimate of drug-likeness (QED) is 0.379. The molecule has 2 saturated carbocycles. The summed E-state index contributed by atoms with van der Waals surface area (Å²) in [6, 6.07) is 2.81. The second-order valence-corrected chi connectivity index (χ2v) is 10.9. The predicted molar refractivity (Wildman–Crippen MR) is 140 cm³/mol. The van der Waals surface area contributed by atoms with Gasteiger partial charge in [0, 0.05) is 24.9 Å². The fourth-order valence-corrected chi connectivity index (χ4v) is 6.51. The van der Waals surface area contributed by atoms with Crippen molar-refractivity contribution in [1.82, 2.24) is 19.9 Å². The number of fused-ring (bicyclic) bond motifs is 1. The summed E-state index contributed by atoms with van der Waals surface area (Å²) >= 11 is 1.69. The Bertz CT molecular complexity index is 1130. The lowest BCUT2D eigenvalue weighted by Gasteiger charge is -2.24. The molecule has 182 valence electrons. The number of pyridine rings is 1. The maximum atomic E-state index is 9.63. The molecule has 8 heteroatoms. The molecule has 0 saturated heterocycles. The van der Waals surface area contributed by atoms with E-state index in [-0.39, 0.29) is 6.61 Å². The SMILES string of the molecule is CCCc1nccc2sc(-c3c(C)nc(NC4CCCCC4)nc3N[C@H]3CC[C@@H](CO)C3)nc12. The molecule has 2 aliphatic carbocycles. The highest BCUT2D eigenvalue weighted by atomic mass is 32.1. The van der Waals surface area contributed by atoms with E-state index < -0.39 is 0 Å². The van der Waals surface area contributed by atoms with Crippen LogP contribution < -0.4 is 10.6 Å². The van der Waals surface area contributed by atoms with Gasteiger partial charge in [0.15, 0.2) is 0 Å². The predicted octanol–water partition coefficient (Wildman–Crippen LogP) is 5.73. The molecule has 2 fully saturated rings. The number of hydrogen-bond donors (Lipinski definition) is 3. The summed E-state index contributed by atoms with van der Waals surface area (Å²) in [5.41, 5.74) is 4.00. The molecular weight excluding hydrogens is 444 g/mol. The van der Waals surface area contributed by atoms with Crippen molar-refractivity contribution in [2.24, 2.45) is 5.92 Å². The summed E-state index contributed by atoms with van der Waals surface area (Å²) in [5, 5.41) is 17.9. The number of aromatic nitrogens is 4. The Hall–Kier alpha value is -2.32. The van der Waals surface area contributed by atoms with Gasteiger partial charge >= 0.3 is 0 Å². The molecule has 3 heterocycles. The van der Waals surface area contributed by atoms with E-state index in [0.717, 1.165) is 70.1 Å². The number of anilines is 2. The minimum absolute atomic E-state index is 0.257. The van der Waals surface area contributed by atoms with Crippen molar-refractivity contribution in [3.05, 3.63) is 23.7 Å². The largest absolute Gasteiger partial charge is 0.396 e. The number of aliphatic hydroxyl groups is 1. The Labute approximate surface area is 205 Å². The van der Waals surface area contributed by atoms with Crippen LogP contribution in [-0.4, -0.2) is 43.7 Å². The first-order valence-corrected chi connectivity index (χ1v) is 13.7. The highest BCUT2D eigenvalue weighted by Gasteiger charge is 2.27. The standard InChI is InChI=1S/C26H36N6OS/c1-3-7-20-23-21(12-13-27-20)34-25(31-23)22-16(2)28-26(30-18-8-5-4-6-9-18)32-24(22)29-19-11-10-17(14-19)15-33/h12-13,17-19,33H,3-11,14-15H2,1-2H3,(H2,28,29,30,32)/t17-,19+/m1/s1. The minimum Gasteiger partial charge on any atom is -0.396 e. The molecular formula is C26H36N6OS. The van der Waals surface area contributed by atoms with Crippen molar-refractivity contribution in [2.75, 3.05) is 17.2 Å². The Morgan fingerprint density at radius 3 is 2.65 bits per heavy atom.